The maximum absolute atomic E-state index is 4.22. The molecule has 0 amide bonds. The van der Waals surface area contributed by atoms with Crippen LogP contribution in [-0.4, -0.2) is 7.11 Å². The zero-order valence-corrected chi connectivity index (χ0v) is 10.4. The molecule has 0 aliphatic carbocycles. The maximum atomic E-state index is 4.22. The van der Waals surface area contributed by atoms with Crippen LogP contribution in [0.4, 0.5) is 0 Å². The minimum Gasteiger partial charge on any atom is -0.319 e. The SMILES string of the molecule is C#C.COI.Cc1ccc(C)cc1. The summed E-state index contributed by atoms with van der Waals surface area (Å²) in [5, 5.41) is 0. The first-order chi connectivity index (χ1) is 6.20. The van der Waals surface area contributed by atoms with Crippen molar-refractivity contribution in [1.82, 2.24) is 0 Å². The molecule has 0 N–H and O–H groups in total. The molecule has 1 aromatic carbocycles. The van der Waals surface area contributed by atoms with Gasteiger partial charge in [0.1, 0.15) is 23.0 Å². The lowest BCUT2D eigenvalue weighted by Gasteiger charge is -1.90. The Balaban J connectivity index is 0. The highest BCUT2D eigenvalue weighted by atomic mass is 127. The van der Waals surface area contributed by atoms with E-state index in [2.05, 4.69) is 54.0 Å². The van der Waals surface area contributed by atoms with Crippen LogP contribution >= 0.6 is 23.0 Å². The van der Waals surface area contributed by atoms with Crippen molar-refractivity contribution >= 4 is 23.0 Å². The third kappa shape index (κ3) is 11.5. The topological polar surface area (TPSA) is 9.23 Å². The summed E-state index contributed by atoms with van der Waals surface area (Å²) >= 11 is 1.79. The fourth-order valence-electron chi connectivity index (χ4n) is 0.637. The van der Waals surface area contributed by atoms with E-state index in [1.807, 2.05) is 0 Å². The summed E-state index contributed by atoms with van der Waals surface area (Å²) in [6.07, 6.45) is 8.00. The van der Waals surface area contributed by atoms with Gasteiger partial charge in [-0.05, 0) is 13.8 Å². The number of terminal acetylenes is 1. The molecule has 0 fully saturated rings. The zero-order valence-electron chi connectivity index (χ0n) is 8.25. The molecule has 1 rings (SSSR count). The van der Waals surface area contributed by atoms with E-state index >= 15 is 0 Å². The molecule has 0 saturated carbocycles. The Morgan fingerprint density at radius 3 is 1.31 bits per heavy atom. The van der Waals surface area contributed by atoms with Gasteiger partial charge in [0.2, 0.25) is 0 Å². The molecule has 1 nitrogen and oxygen atoms in total. The summed E-state index contributed by atoms with van der Waals surface area (Å²) in [4.78, 5) is 0. The van der Waals surface area contributed by atoms with Crippen molar-refractivity contribution in [2.24, 2.45) is 0 Å². The maximum Gasteiger partial charge on any atom is 0.109 e. The van der Waals surface area contributed by atoms with E-state index in [1.165, 1.54) is 11.1 Å². The Bertz CT molecular complexity index is 192. The fourth-order valence-corrected chi connectivity index (χ4v) is 0.637. The lowest BCUT2D eigenvalue weighted by atomic mass is 10.2. The summed E-state index contributed by atoms with van der Waals surface area (Å²) in [6.45, 7) is 4.19. The molecule has 0 aromatic heterocycles. The average molecular weight is 290 g/mol. The van der Waals surface area contributed by atoms with Crippen molar-refractivity contribution in [2.75, 3.05) is 7.11 Å². The summed E-state index contributed by atoms with van der Waals surface area (Å²) < 4.78 is 4.22. The Kier molecular flexibility index (Phi) is 13.2. The van der Waals surface area contributed by atoms with E-state index in [4.69, 9.17) is 0 Å². The molecule has 72 valence electrons. The average Bonchev–Trinajstić information content (AvgIpc) is 2.15. The number of hydrogen-bond acceptors (Lipinski definition) is 1. The molecule has 0 aliphatic heterocycles. The summed E-state index contributed by atoms with van der Waals surface area (Å²) in [6, 6.07) is 8.48. The van der Waals surface area contributed by atoms with Gasteiger partial charge in [-0.2, -0.15) is 0 Å². The predicted octanol–water partition coefficient (Wildman–Crippen LogP) is 3.54. The standard InChI is InChI=1S/C8H10.C2H2.CH3IO/c1-7-3-5-8(2)6-4-7;1-2;1-3-2/h3-6H,1-2H3;1-2H;1H3. The first-order valence-electron chi connectivity index (χ1n) is 3.72. The van der Waals surface area contributed by atoms with Gasteiger partial charge in [-0.3, -0.25) is 0 Å². The van der Waals surface area contributed by atoms with Crippen LogP contribution < -0.4 is 0 Å². The van der Waals surface area contributed by atoms with Gasteiger partial charge in [-0.15, -0.1) is 12.8 Å². The summed E-state index contributed by atoms with van der Waals surface area (Å²) in [7, 11) is 1.61. The molecule has 2 heteroatoms. The molecule has 0 bridgehead atoms. The molecular weight excluding hydrogens is 275 g/mol. The molecular formula is C11H15IO. The van der Waals surface area contributed by atoms with Crippen LogP contribution in [0.15, 0.2) is 24.3 Å². The van der Waals surface area contributed by atoms with Gasteiger partial charge in [0.25, 0.3) is 0 Å². The Hall–Kier alpha value is -0.530. The van der Waals surface area contributed by atoms with E-state index in [1.54, 1.807) is 30.1 Å². The molecule has 0 unspecified atom stereocenters. The molecule has 0 atom stereocenters. The van der Waals surface area contributed by atoms with Crippen LogP contribution in [-0.2, 0) is 3.07 Å². The number of hydrogen-bond donors (Lipinski definition) is 0. The van der Waals surface area contributed by atoms with Crippen LogP contribution in [0.5, 0.6) is 0 Å². The van der Waals surface area contributed by atoms with Crippen LogP contribution in [0.25, 0.3) is 0 Å². The van der Waals surface area contributed by atoms with E-state index in [0.717, 1.165) is 0 Å². The number of aryl methyl sites for hydroxylation is 2. The van der Waals surface area contributed by atoms with E-state index in [-0.39, 0.29) is 0 Å². The lowest BCUT2D eigenvalue weighted by molar-refractivity contribution is 0.556. The summed E-state index contributed by atoms with van der Waals surface area (Å²) in [5.74, 6) is 0. The van der Waals surface area contributed by atoms with Crippen molar-refractivity contribution in [1.29, 1.82) is 0 Å². The van der Waals surface area contributed by atoms with Crippen LogP contribution in [0, 0.1) is 26.7 Å². The van der Waals surface area contributed by atoms with Gasteiger partial charge in [0, 0.05) is 7.11 Å². The predicted molar refractivity (Wildman–Crippen MR) is 66.8 cm³/mol. The van der Waals surface area contributed by atoms with E-state index in [0.29, 0.717) is 0 Å². The van der Waals surface area contributed by atoms with Crippen LogP contribution in [0.3, 0.4) is 0 Å². The molecule has 0 aliphatic rings. The molecule has 0 radical (unpaired) electrons. The fraction of sp³-hybridized carbons (Fsp3) is 0.273. The molecule has 0 heterocycles. The minimum atomic E-state index is 1.33. The zero-order chi connectivity index (χ0) is 10.7. The van der Waals surface area contributed by atoms with Gasteiger partial charge >= 0.3 is 0 Å². The highest BCUT2D eigenvalue weighted by Crippen LogP contribution is 1.99. The van der Waals surface area contributed by atoms with Crippen molar-refractivity contribution < 1.29 is 3.07 Å². The van der Waals surface area contributed by atoms with Crippen molar-refractivity contribution in [3.05, 3.63) is 35.4 Å². The van der Waals surface area contributed by atoms with Gasteiger partial charge in [0.15, 0.2) is 0 Å². The van der Waals surface area contributed by atoms with Crippen molar-refractivity contribution in [2.45, 2.75) is 13.8 Å². The highest BCUT2D eigenvalue weighted by molar-refractivity contribution is 14.1. The monoisotopic (exact) mass is 290 g/mol. The number of halogens is 1. The third-order valence-electron chi connectivity index (χ3n) is 1.22. The van der Waals surface area contributed by atoms with E-state index in [9.17, 15) is 0 Å². The van der Waals surface area contributed by atoms with Crippen LogP contribution in [0.2, 0.25) is 0 Å². The van der Waals surface area contributed by atoms with Gasteiger partial charge in [-0.1, -0.05) is 35.4 Å². The third-order valence-corrected chi connectivity index (χ3v) is 1.22. The van der Waals surface area contributed by atoms with Gasteiger partial charge < -0.3 is 3.07 Å². The Labute approximate surface area is 95.2 Å². The second kappa shape index (κ2) is 11.5. The Morgan fingerprint density at radius 1 is 1.00 bits per heavy atom. The minimum absolute atomic E-state index is 1.33. The van der Waals surface area contributed by atoms with Gasteiger partial charge in [0.05, 0.1) is 0 Å². The smallest absolute Gasteiger partial charge is 0.109 e. The summed E-state index contributed by atoms with van der Waals surface area (Å²) in [5.41, 5.74) is 2.66. The Morgan fingerprint density at radius 2 is 1.15 bits per heavy atom. The molecule has 1 aromatic rings. The van der Waals surface area contributed by atoms with Gasteiger partial charge in [-0.25, -0.2) is 0 Å². The largest absolute Gasteiger partial charge is 0.319 e. The second-order valence-corrected chi connectivity index (χ2v) is 3.19. The van der Waals surface area contributed by atoms with Crippen molar-refractivity contribution in [3.63, 3.8) is 0 Å². The molecule has 0 spiro atoms. The first-order valence-corrected chi connectivity index (χ1v) is 4.60. The quantitative estimate of drug-likeness (QED) is 0.524. The van der Waals surface area contributed by atoms with E-state index < -0.39 is 0 Å². The lowest BCUT2D eigenvalue weighted by Crippen LogP contribution is -1.70. The highest BCUT2D eigenvalue weighted by Gasteiger charge is 1.79. The van der Waals surface area contributed by atoms with Crippen molar-refractivity contribution in [3.8, 4) is 12.8 Å². The second-order valence-electron chi connectivity index (χ2n) is 2.31. The molecule has 0 saturated heterocycles. The number of benzene rings is 1. The normalized spacial score (nSPS) is 7.23. The molecule has 13 heavy (non-hydrogen) atoms. The first kappa shape index (κ1) is 15.0. The number of rotatable bonds is 0. The van der Waals surface area contributed by atoms with Crippen LogP contribution in [0.1, 0.15) is 11.1 Å².